The van der Waals surface area contributed by atoms with E-state index in [1.54, 1.807) is 17.5 Å². The largest absolute Gasteiger partial charge is 0.320 e. The number of aromatic nitrogens is 1. The standard InChI is InChI=1S/C16H12ClN3O2S2/c1-9-3-2-4-11(17)13(9)19-15(22)12-7-18-16(24-12)20-14(21)10-5-6-23-8-10/h2-8H,1H3,(H,19,22)(H,18,20,21). The van der Waals surface area contributed by atoms with Crippen LogP contribution in [-0.4, -0.2) is 16.8 Å². The lowest BCUT2D eigenvalue weighted by atomic mass is 10.2. The number of thiophene rings is 1. The molecule has 0 aliphatic carbocycles. The number of amides is 2. The van der Waals surface area contributed by atoms with Gasteiger partial charge in [-0.25, -0.2) is 4.98 Å². The van der Waals surface area contributed by atoms with Crippen molar-refractivity contribution in [1.82, 2.24) is 4.98 Å². The van der Waals surface area contributed by atoms with Crippen molar-refractivity contribution in [3.63, 3.8) is 0 Å². The molecule has 3 aromatic rings. The lowest BCUT2D eigenvalue weighted by molar-refractivity contribution is 0.102. The summed E-state index contributed by atoms with van der Waals surface area (Å²) < 4.78 is 0. The number of aryl methyl sites for hydroxylation is 1. The minimum absolute atomic E-state index is 0.250. The van der Waals surface area contributed by atoms with Crippen molar-refractivity contribution in [3.05, 3.63) is 62.2 Å². The van der Waals surface area contributed by atoms with Gasteiger partial charge in [-0.2, -0.15) is 11.3 Å². The Kier molecular flexibility index (Phi) is 4.94. The molecular weight excluding hydrogens is 366 g/mol. The van der Waals surface area contributed by atoms with Crippen LogP contribution in [-0.2, 0) is 0 Å². The van der Waals surface area contributed by atoms with E-state index in [0.29, 0.717) is 26.3 Å². The number of carbonyl (C=O) groups excluding carboxylic acids is 2. The normalized spacial score (nSPS) is 10.4. The molecule has 2 N–H and O–H groups in total. The molecule has 24 heavy (non-hydrogen) atoms. The minimum Gasteiger partial charge on any atom is -0.320 e. The first-order valence-electron chi connectivity index (χ1n) is 6.90. The average Bonchev–Trinajstić information content (AvgIpc) is 3.22. The van der Waals surface area contributed by atoms with E-state index in [-0.39, 0.29) is 11.8 Å². The van der Waals surface area contributed by atoms with Crippen molar-refractivity contribution in [1.29, 1.82) is 0 Å². The van der Waals surface area contributed by atoms with E-state index in [4.69, 9.17) is 11.6 Å². The van der Waals surface area contributed by atoms with Gasteiger partial charge in [0.15, 0.2) is 5.13 Å². The summed E-state index contributed by atoms with van der Waals surface area (Å²) in [6.07, 6.45) is 1.43. The SMILES string of the molecule is Cc1cccc(Cl)c1NC(=O)c1cnc(NC(=O)c2ccsc2)s1. The number of thiazole rings is 1. The first-order chi connectivity index (χ1) is 11.5. The highest BCUT2D eigenvalue weighted by atomic mass is 35.5. The molecule has 0 unspecified atom stereocenters. The lowest BCUT2D eigenvalue weighted by Gasteiger charge is -2.08. The molecular formula is C16H12ClN3O2S2. The number of para-hydroxylation sites is 1. The Morgan fingerprint density at radius 3 is 2.71 bits per heavy atom. The van der Waals surface area contributed by atoms with Crippen molar-refractivity contribution in [2.75, 3.05) is 10.6 Å². The number of anilines is 2. The smallest absolute Gasteiger partial charge is 0.267 e. The first-order valence-corrected chi connectivity index (χ1v) is 9.04. The number of rotatable bonds is 4. The van der Waals surface area contributed by atoms with Gasteiger partial charge in [0.05, 0.1) is 22.5 Å². The van der Waals surface area contributed by atoms with Crippen LogP contribution in [0, 0.1) is 6.92 Å². The molecule has 0 bridgehead atoms. The van der Waals surface area contributed by atoms with Gasteiger partial charge in [0.25, 0.3) is 11.8 Å². The third-order valence-electron chi connectivity index (χ3n) is 3.19. The first kappa shape index (κ1) is 16.6. The van der Waals surface area contributed by atoms with E-state index in [9.17, 15) is 9.59 Å². The zero-order valence-electron chi connectivity index (χ0n) is 12.5. The second-order valence-corrected chi connectivity index (χ2v) is 7.10. The molecule has 0 radical (unpaired) electrons. The predicted molar refractivity (Wildman–Crippen MR) is 98.5 cm³/mol. The molecule has 0 aliphatic rings. The second kappa shape index (κ2) is 7.12. The van der Waals surface area contributed by atoms with Gasteiger partial charge < -0.3 is 5.32 Å². The predicted octanol–water partition coefficient (Wildman–Crippen LogP) is 4.67. The minimum atomic E-state index is -0.320. The molecule has 0 spiro atoms. The summed E-state index contributed by atoms with van der Waals surface area (Å²) in [4.78, 5) is 28.8. The number of hydrogen-bond donors (Lipinski definition) is 2. The number of nitrogens with zero attached hydrogens (tertiary/aromatic N) is 1. The summed E-state index contributed by atoms with van der Waals surface area (Å²) in [5.74, 6) is -0.570. The van der Waals surface area contributed by atoms with Gasteiger partial charge in [0.2, 0.25) is 0 Å². The molecule has 0 fully saturated rings. The van der Waals surface area contributed by atoms with Crippen LogP contribution in [0.4, 0.5) is 10.8 Å². The molecule has 5 nitrogen and oxygen atoms in total. The Morgan fingerprint density at radius 2 is 2.00 bits per heavy atom. The molecule has 2 aromatic heterocycles. The molecule has 1 aromatic carbocycles. The highest BCUT2D eigenvalue weighted by Gasteiger charge is 2.15. The molecule has 2 heterocycles. The van der Waals surface area contributed by atoms with Crippen LogP contribution in [0.15, 0.2) is 41.2 Å². The van der Waals surface area contributed by atoms with Crippen LogP contribution in [0.5, 0.6) is 0 Å². The summed E-state index contributed by atoms with van der Waals surface area (Å²) >= 11 is 8.65. The van der Waals surface area contributed by atoms with Gasteiger partial charge in [-0.3, -0.25) is 14.9 Å². The van der Waals surface area contributed by atoms with Crippen molar-refractivity contribution in [2.45, 2.75) is 6.92 Å². The van der Waals surface area contributed by atoms with Crippen molar-refractivity contribution in [3.8, 4) is 0 Å². The Balaban J connectivity index is 1.71. The van der Waals surface area contributed by atoms with E-state index in [1.165, 1.54) is 17.5 Å². The Morgan fingerprint density at radius 1 is 1.17 bits per heavy atom. The van der Waals surface area contributed by atoms with Crippen LogP contribution >= 0.6 is 34.3 Å². The maximum absolute atomic E-state index is 12.3. The highest BCUT2D eigenvalue weighted by molar-refractivity contribution is 7.17. The van der Waals surface area contributed by atoms with Gasteiger partial charge >= 0.3 is 0 Å². The van der Waals surface area contributed by atoms with Crippen LogP contribution in [0.3, 0.4) is 0 Å². The molecule has 8 heteroatoms. The molecule has 0 saturated carbocycles. The highest BCUT2D eigenvalue weighted by Crippen LogP contribution is 2.27. The lowest BCUT2D eigenvalue weighted by Crippen LogP contribution is -2.11. The maximum atomic E-state index is 12.3. The molecule has 0 aliphatic heterocycles. The topological polar surface area (TPSA) is 71.1 Å². The van der Waals surface area contributed by atoms with E-state index < -0.39 is 0 Å². The summed E-state index contributed by atoms with van der Waals surface area (Å²) in [5.41, 5.74) is 2.00. The Bertz CT molecular complexity index is 870. The Hall–Kier alpha value is -2.22. The second-order valence-electron chi connectivity index (χ2n) is 4.88. The molecule has 122 valence electrons. The number of carbonyl (C=O) groups is 2. The van der Waals surface area contributed by atoms with Gasteiger partial charge in [0.1, 0.15) is 4.88 Å². The maximum Gasteiger partial charge on any atom is 0.267 e. The quantitative estimate of drug-likeness (QED) is 0.693. The molecule has 3 rings (SSSR count). The summed E-state index contributed by atoms with van der Waals surface area (Å²) in [6.45, 7) is 1.86. The van der Waals surface area contributed by atoms with E-state index in [1.807, 2.05) is 24.4 Å². The van der Waals surface area contributed by atoms with Crippen LogP contribution in [0.1, 0.15) is 25.6 Å². The fraction of sp³-hybridized carbons (Fsp3) is 0.0625. The van der Waals surface area contributed by atoms with E-state index in [0.717, 1.165) is 16.9 Å². The molecule has 0 atom stereocenters. The Labute approximate surface area is 151 Å². The fourth-order valence-corrected chi connectivity index (χ4v) is 3.58. The van der Waals surface area contributed by atoms with E-state index >= 15 is 0 Å². The average molecular weight is 378 g/mol. The zero-order valence-corrected chi connectivity index (χ0v) is 14.9. The molecule has 2 amide bonds. The fourth-order valence-electron chi connectivity index (χ4n) is 1.97. The van der Waals surface area contributed by atoms with Crippen LogP contribution < -0.4 is 10.6 Å². The summed E-state index contributed by atoms with van der Waals surface area (Å²) in [7, 11) is 0. The number of nitrogens with one attached hydrogen (secondary N) is 2. The van der Waals surface area contributed by atoms with Gasteiger partial charge in [-0.15, -0.1) is 0 Å². The van der Waals surface area contributed by atoms with Crippen molar-refractivity contribution >= 4 is 56.9 Å². The third-order valence-corrected chi connectivity index (χ3v) is 5.10. The summed E-state index contributed by atoms with van der Waals surface area (Å²) in [5, 5.41) is 9.86. The van der Waals surface area contributed by atoms with Gasteiger partial charge in [0, 0.05) is 5.38 Å². The zero-order chi connectivity index (χ0) is 17.1. The summed E-state index contributed by atoms with van der Waals surface area (Å²) in [6, 6.07) is 7.11. The van der Waals surface area contributed by atoms with Gasteiger partial charge in [-0.1, -0.05) is 35.1 Å². The number of benzene rings is 1. The third kappa shape index (κ3) is 3.64. The van der Waals surface area contributed by atoms with E-state index in [2.05, 4.69) is 15.6 Å². The van der Waals surface area contributed by atoms with Crippen molar-refractivity contribution < 1.29 is 9.59 Å². The van der Waals surface area contributed by atoms with Crippen molar-refractivity contribution in [2.24, 2.45) is 0 Å². The van der Waals surface area contributed by atoms with Crippen LogP contribution in [0.25, 0.3) is 0 Å². The number of halogens is 1. The van der Waals surface area contributed by atoms with Gasteiger partial charge in [-0.05, 0) is 30.0 Å². The monoisotopic (exact) mass is 377 g/mol. The number of hydrogen-bond acceptors (Lipinski definition) is 5. The molecule has 0 saturated heterocycles. The van der Waals surface area contributed by atoms with Crippen LogP contribution in [0.2, 0.25) is 5.02 Å².